The highest BCUT2D eigenvalue weighted by Crippen LogP contribution is 2.35. The second-order valence-electron chi connectivity index (χ2n) is 7.89. The summed E-state index contributed by atoms with van der Waals surface area (Å²) < 4.78 is 46.1. The molecule has 0 unspecified atom stereocenters. The fourth-order valence-electron chi connectivity index (χ4n) is 3.08. The number of benzene rings is 1. The maximum atomic E-state index is 13.6. The summed E-state index contributed by atoms with van der Waals surface area (Å²) in [6.07, 6.45) is 2.79. The van der Waals surface area contributed by atoms with E-state index < -0.39 is 28.1 Å². The van der Waals surface area contributed by atoms with Crippen molar-refractivity contribution in [3.63, 3.8) is 0 Å². The summed E-state index contributed by atoms with van der Waals surface area (Å²) in [7, 11) is -4.14. The Bertz CT molecular complexity index is 1230. The number of esters is 1. The molecule has 0 saturated carbocycles. The molecule has 0 N–H and O–H groups in total. The lowest BCUT2D eigenvalue weighted by Crippen LogP contribution is -2.39. The van der Waals surface area contributed by atoms with Crippen LogP contribution in [0.15, 0.2) is 47.8 Å². The largest absolute Gasteiger partial charge is 0.486 e. The van der Waals surface area contributed by atoms with Crippen LogP contribution in [0.25, 0.3) is 5.65 Å². The van der Waals surface area contributed by atoms with Crippen molar-refractivity contribution in [2.24, 2.45) is 0 Å². The number of sulfonamides is 1. The van der Waals surface area contributed by atoms with Crippen molar-refractivity contribution in [3.05, 3.63) is 42.9 Å². The summed E-state index contributed by atoms with van der Waals surface area (Å²) in [4.78, 5) is 12.5. The first-order valence-corrected chi connectivity index (χ1v) is 11.0. The quantitative estimate of drug-likeness (QED) is 0.547. The van der Waals surface area contributed by atoms with Crippen LogP contribution in [-0.2, 0) is 19.6 Å². The van der Waals surface area contributed by atoms with Crippen molar-refractivity contribution in [3.8, 4) is 11.5 Å². The number of nitrogens with zero attached hydrogens (tertiary/aromatic N) is 4. The van der Waals surface area contributed by atoms with E-state index in [-0.39, 0.29) is 10.6 Å². The lowest BCUT2D eigenvalue weighted by atomic mass is 10.2. The predicted molar refractivity (Wildman–Crippen MR) is 111 cm³/mol. The number of ether oxygens (including phenoxy) is 3. The molecule has 10 nitrogen and oxygen atoms in total. The van der Waals surface area contributed by atoms with Crippen LogP contribution in [0.3, 0.4) is 0 Å². The average Bonchev–Trinajstić information content (AvgIpc) is 3.18. The Morgan fingerprint density at radius 2 is 1.90 bits per heavy atom. The zero-order valence-corrected chi connectivity index (χ0v) is 18.1. The van der Waals surface area contributed by atoms with Gasteiger partial charge in [-0.15, -0.1) is 10.2 Å². The lowest BCUT2D eigenvalue weighted by molar-refractivity contribution is -0.152. The Morgan fingerprint density at radius 1 is 1.16 bits per heavy atom. The molecule has 0 amide bonds. The smallest absolute Gasteiger partial charge is 0.327 e. The molecule has 1 aliphatic heterocycles. The van der Waals surface area contributed by atoms with Crippen LogP contribution in [0.2, 0.25) is 0 Å². The van der Waals surface area contributed by atoms with Crippen molar-refractivity contribution in [2.45, 2.75) is 31.3 Å². The van der Waals surface area contributed by atoms with E-state index in [1.165, 1.54) is 35.1 Å². The summed E-state index contributed by atoms with van der Waals surface area (Å²) in [6, 6.07) is 7.67. The summed E-state index contributed by atoms with van der Waals surface area (Å²) in [5.74, 6) is 0.231. The topological polar surface area (TPSA) is 112 Å². The van der Waals surface area contributed by atoms with Gasteiger partial charge in [0, 0.05) is 12.3 Å². The maximum absolute atomic E-state index is 13.6. The summed E-state index contributed by atoms with van der Waals surface area (Å²) >= 11 is 0. The second-order valence-corrected chi connectivity index (χ2v) is 9.75. The van der Waals surface area contributed by atoms with Crippen LogP contribution in [0.5, 0.6) is 11.5 Å². The zero-order chi connectivity index (χ0) is 22.2. The first kappa shape index (κ1) is 20.9. The minimum absolute atomic E-state index is 0.0294. The van der Waals surface area contributed by atoms with Crippen LogP contribution in [0.4, 0.5) is 5.69 Å². The van der Waals surface area contributed by atoms with Crippen molar-refractivity contribution < 1.29 is 27.4 Å². The first-order chi connectivity index (χ1) is 14.6. The Balaban J connectivity index is 1.76. The van der Waals surface area contributed by atoms with Gasteiger partial charge in [0.2, 0.25) is 0 Å². The molecule has 31 heavy (non-hydrogen) atoms. The van der Waals surface area contributed by atoms with Gasteiger partial charge in [-0.3, -0.25) is 13.5 Å². The van der Waals surface area contributed by atoms with Gasteiger partial charge in [0.25, 0.3) is 10.0 Å². The molecule has 0 atom stereocenters. The molecule has 3 aromatic rings. The molecule has 11 heteroatoms. The fraction of sp³-hybridized carbons (Fsp3) is 0.350. The van der Waals surface area contributed by atoms with E-state index in [9.17, 15) is 13.2 Å². The molecule has 164 valence electrons. The SMILES string of the molecule is CC(C)(C)OC(=O)CN(c1ccc2c(c1)OCCO2)S(=O)(=O)c1ccc2nncn2c1. The van der Waals surface area contributed by atoms with E-state index in [4.69, 9.17) is 14.2 Å². The molecule has 4 rings (SSSR count). The van der Waals surface area contributed by atoms with E-state index in [2.05, 4.69) is 10.2 Å². The number of aromatic nitrogens is 3. The molecule has 1 aromatic carbocycles. The summed E-state index contributed by atoms with van der Waals surface area (Å²) in [6.45, 7) is 5.39. The van der Waals surface area contributed by atoms with Crippen LogP contribution in [0.1, 0.15) is 20.8 Å². The highest BCUT2D eigenvalue weighted by atomic mass is 32.2. The number of carbonyl (C=O) groups is 1. The molecule has 0 spiro atoms. The number of hydrogen-bond acceptors (Lipinski definition) is 8. The molecule has 1 aliphatic rings. The predicted octanol–water partition coefficient (Wildman–Crippen LogP) is 2.04. The summed E-state index contributed by atoms with van der Waals surface area (Å²) in [5, 5.41) is 7.65. The fourth-order valence-corrected chi connectivity index (χ4v) is 4.49. The zero-order valence-electron chi connectivity index (χ0n) is 17.3. The minimum Gasteiger partial charge on any atom is -0.486 e. The van der Waals surface area contributed by atoms with E-state index >= 15 is 0 Å². The van der Waals surface area contributed by atoms with Crippen molar-refractivity contribution in [1.82, 2.24) is 14.6 Å². The Hall–Kier alpha value is -3.34. The molecule has 0 aliphatic carbocycles. The highest BCUT2D eigenvalue weighted by molar-refractivity contribution is 7.92. The molecular weight excluding hydrogens is 424 g/mol. The summed E-state index contributed by atoms with van der Waals surface area (Å²) in [5.41, 5.74) is -0.0170. The standard InChI is InChI=1S/C20H22N4O6S/c1-20(2,3)30-19(25)12-24(14-4-6-16-17(10-14)29-9-8-28-16)31(26,27)15-5-7-18-22-21-13-23(18)11-15/h4-7,10-11,13H,8-9,12H2,1-3H3. The van der Waals surface area contributed by atoms with E-state index in [0.717, 1.165) is 4.31 Å². The second kappa shape index (κ2) is 7.73. The van der Waals surface area contributed by atoms with Gasteiger partial charge >= 0.3 is 5.97 Å². The van der Waals surface area contributed by atoms with Gasteiger partial charge in [0.05, 0.1) is 5.69 Å². The molecule has 0 fully saturated rings. The van der Waals surface area contributed by atoms with E-state index in [1.807, 2.05) is 0 Å². The van der Waals surface area contributed by atoms with E-state index in [0.29, 0.717) is 30.4 Å². The molecule has 2 aromatic heterocycles. The van der Waals surface area contributed by atoms with E-state index in [1.54, 1.807) is 32.9 Å². The number of anilines is 1. The third kappa shape index (κ3) is 4.41. The van der Waals surface area contributed by atoms with Crippen molar-refractivity contribution >= 4 is 27.3 Å². The monoisotopic (exact) mass is 446 g/mol. The number of hydrogen-bond donors (Lipinski definition) is 0. The van der Waals surface area contributed by atoms with Crippen molar-refractivity contribution in [1.29, 1.82) is 0 Å². The first-order valence-electron chi connectivity index (χ1n) is 9.57. The van der Waals surface area contributed by atoms with Gasteiger partial charge < -0.3 is 14.2 Å². The Morgan fingerprint density at radius 3 is 2.65 bits per heavy atom. The van der Waals surface area contributed by atoms with Gasteiger partial charge in [-0.25, -0.2) is 8.42 Å². The minimum atomic E-state index is -4.14. The van der Waals surface area contributed by atoms with Gasteiger partial charge in [-0.05, 0) is 45.0 Å². The Labute approximate surface area is 179 Å². The highest BCUT2D eigenvalue weighted by Gasteiger charge is 2.31. The number of carbonyl (C=O) groups excluding carboxylic acids is 1. The van der Waals surface area contributed by atoms with Crippen molar-refractivity contribution in [2.75, 3.05) is 24.1 Å². The van der Waals surface area contributed by atoms with Gasteiger partial charge in [0.1, 0.15) is 36.6 Å². The van der Waals surface area contributed by atoms with Crippen LogP contribution >= 0.6 is 0 Å². The van der Waals surface area contributed by atoms with Crippen LogP contribution in [-0.4, -0.2) is 54.3 Å². The number of rotatable bonds is 5. The third-order valence-corrected chi connectivity index (χ3v) is 6.12. The Kier molecular flexibility index (Phi) is 5.21. The van der Waals surface area contributed by atoms with Crippen LogP contribution in [0, 0.1) is 0 Å². The molecule has 0 bridgehead atoms. The van der Waals surface area contributed by atoms with Gasteiger partial charge in [-0.1, -0.05) is 0 Å². The van der Waals surface area contributed by atoms with Gasteiger partial charge in [0.15, 0.2) is 17.1 Å². The maximum Gasteiger partial charge on any atom is 0.327 e. The third-order valence-electron chi connectivity index (χ3n) is 4.36. The molecular formula is C20H22N4O6S. The molecule has 3 heterocycles. The normalized spacial score (nSPS) is 13.8. The van der Waals surface area contributed by atoms with Crippen LogP contribution < -0.4 is 13.8 Å². The molecule has 0 radical (unpaired) electrons. The average molecular weight is 446 g/mol. The lowest BCUT2D eigenvalue weighted by Gasteiger charge is -2.27. The molecule has 0 saturated heterocycles. The number of fused-ring (bicyclic) bond motifs is 2. The number of pyridine rings is 1. The van der Waals surface area contributed by atoms with Gasteiger partial charge in [-0.2, -0.15) is 0 Å².